The van der Waals surface area contributed by atoms with Gasteiger partial charge in [0.2, 0.25) is 10.0 Å². The molecular formula is C13H26N2O2S. The molecule has 2 N–H and O–H groups in total. The van der Waals surface area contributed by atoms with Crippen molar-refractivity contribution in [1.82, 2.24) is 10.0 Å². The fraction of sp³-hybridized carbons (Fsp3) is 1.00. The molecule has 1 aliphatic heterocycles. The molecule has 1 heterocycles. The third-order valence-electron chi connectivity index (χ3n) is 5.15. The van der Waals surface area contributed by atoms with Crippen molar-refractivity contribution >= 4 is 10.0 Å². The predicted octanol–water partition coefficient (Wildman–Crippen LogP) is 1.48. The molecule has 2 aliphatic rings. The predicted molar refractivity (Wildman–Crippen MR) is 73.9 cm³/mol. The average Bonchev–Trinajstić information content (AvgIpc) is 2.61. The van der Waals surface area contributed by atoms with Gasteiger partial charge in [-0.15, -0.1) is 0 Å². The summed E-state index contributed by atoms with van der Waals surface area (Å²) in [5, 5.41) is 3.29. The highest BCUT2D eigenvalue weighted by Crippen LogP contribution is 2.62. The zero-order chi connectivity index (χ0) is 13.6. The summed E-state index contributed by atoms with van der Waals surface area (Å²) in [4.78, 5) is 0. The Bertz CT molecular complexity index is 395. The second-order valence-corrected chi connectivity index (χ2v) is 8.72. The number of rotatable bonds is 4. The summed E-state index contributed by atoms with van der Waals surface area (Å²) >= 11 is 0. The van der Waals surface area contributed by atoms with Crippen LogP contribution in [0.15, 0.2) is 0 Å². The maximum atomic E-state index is 12.2. The van der Waals surface area contributed by atoms with Crippen LogP contribution in [0.1, 0.15) is 47.0 Å². The smallest absolute Gasteiger partial charge is 0.213 e. The normalized spacial score (nSPS) is 31.2. The lowest BCUT2D eigenvalue weighted by molar-refractivity contribution is 0.421. The molecule has 4 nitrogen and oxygen atoms in total. The van der Waals surface area contributed by atoms with Crippen LogP contribution in [0.5, 0.6) is 0 Å². The third kappa shape index (κ3) is 2.58. The number of sulfonamides is 1. The Balaban J connectivity index is 1.92. The molecule has 1 unspecified atom stereocenters. The molecule has 1 aliphatic carbocycles. The van der Waals surface area contributed by atoms with Crippen LogP contribution in [0.4, 0.5) is 0 Å². The lowest BCUT2D eigenvalue weighted by Crippen LogP contribution is -2.43. The Kier molecular flexibility index (Phi) is 3.54. The monoisotopic (exact) mass is 274 g/mol. The van der Waals surface area contributed by atoms with Crippen molar-refractivity contribution in [2.45, 2.75) is 59.0 Å². The first-order valence-corrected chi connectivity index (χ1v) is 8.55. The summed E-state index contributed by atoms with van der Waals surface area (Å²) in [6.45, 7) is 9.44. The van der Waals surface area contributed by atoms with Gasteiger partial charge in [0.25, 0.3) is 0 Å². The Morgan fingerprint density at radius 3 is 2.22 bits per heavy atom. The molecule has 0 aromatic carbocycles. The number of piperidine rings is 1. The van der Waals surface area contributed by atoms with Crippen LogP contribution in [0.3, 0.4) is 0 Å². The van der Waals surface area contributed by atoms with Gasteiger partial charge in [-0.3, -0.25) is 0 Å². The average molecular weight is 274 g/mol. The van der Waals surface area contributed by atoms with Gasteiger partial charge in [0, 0.05) is 12.1 Å². The summed E-state index contributed by atoms with van der Waals surface area (Å²) in [7, 11) is -3.17. The van der Waals surface area contributed by atoms with E-state index >= 15 is 0 Å². The molecule has 0 aromatic rings. The molecule has 0 radical (unpaired) electrons. The SMILES string of the molecule is CC1(C)C(NS(=O)(=O)CC2CCCCN2)C1(C)C. The van der Waals surface area contributed by atoms with Crippen molar-refractivity contribution in [1.29, 1.82) is 0 Å². The van der Waals surface area contributed by atoms with Gasteiger partial charge in [0.1, 0.15) is 0 Å². The van der Waals surface area contributed by atoms with Crippen LogP contribution < -0.4 is 10.0 Å². The van der Waals surface area contributed by atoms with Crippen LogP contribution >= 0.6 is 0 Å². The fourth-order valence-electron chi connectivity index (χ4n) is 3.05. The Labute approximate surface area is 111 Å². The van der Waals surface area contributed by atoms with E-state index in [4.69, 9.17) is 0 Å². The van der Waals surface area contributed by atoms with E-state index in [9.17, 15) is 8.42 Å². The highest BCUT2D eigenvalue weighted by Gasteiger charge is 2.65. The lowest BCUT2D eigenvalue weighted by atomic mass is 10.0. The minimum Gasteiger partial charge on any atom is -0.313 e. The molecule has 1 saturated carbocycles. The Hall–Kier alpha value is -0.130. The van der Waals surface area contributed by atoms with E-state index in [0.29, 0.717) is 0 Å². The van der Waals surface area contributed by atoms with Crippen molar-refractivity contribution in [3.05, 3.63) is 0 Å². The quantitative estimate of drug-likeness (QED) is 0.816. The summed E-state index contributed by atoms with van der Waals surface area (Å²) in [5.74, 6) is 0.218. The van der Waals surface area contributed by atoms with Gasteiger partial charge in [0.05, 0.1) is 5.75 Å². The second kappa shape index (κ2) is 4.46. The minimum absolute atomic E-state index is 0.0556. The molecule has 1 atom stereocenters. The molecule has 5 heteroatoms. The molecule has 2 rings (SSSR count). The van der Waals surface area contributed by atoms with E-state index in [1.165, 1.54) is 0 Å². The van der Waals surface area contributed by atoms with Crippen molar-refractivity contribution < 1.29 is 8.42 Å². The molecule has 2 fully saturated rings. The maximum Gasteiger partial charge on any atom is 0.213 e. The first-order chi connectivity index (χ1) is 8.17. The highest BCUT2D eigenvalue weighted by atomic mass is 32.2. The van der Waals surface area contributed by atoms with Crippen molar-refractivity contribution in [3.8, 4) is 0 Å². The van der Waals surface area contributed by atoms with Crippen molar-refractivity contribution in [2.24, 2.45) is 10.8 Å². The van der Waals surface area contributed by atoms with Crippen LogP contribution in [0.2, 0.25) is 0 Å². The van der Waals surface area contributed by atoms with Crippen molar-refractivity contribution in [2.75, 3.05) is 12.3 Å². The molecular weight excluding hydrogens is 248 g/mol. The van der Waals surface area contributed by atoms with Gasteiger partial charge in [-0.25, -0.2) is 13.1 Å². The summed E-state index contributed by atoms with van der Waals surface area (Å²) in [6, 6.07) is 0.194. The van der Waals surface area contributed by atoms with E-state index < -0.39 is 10.0 Å². The van der Waals surface area contributed by atoms with E-state index in [1.807, 2.05) is 0 Å². The molecule has 0 bridgehead atoms. The topological polar surface area (TPSA) is 58.2 Å². The van der Waals surface area contributed by atoms with Gasteiger partial charge in [-0.1, -0.05) is 34.1 Å². The molecule has 0 spiro atoms. The molecule has 106 valence electrons. The van der Waals surface area contributed by atoms with Crippen LogP contribution in [-0.2, 0) is 10.0 Å². The second-order valence-electron chi connectivity index (χ2n) is 6.92. The zero-order valence-corrected chi connectivity index (χ0v) is 12.7. The highest BCUT2D eigenvalue weighted by molar-refractivity contribution is 7.89. The first kappa shape index (κ1) is 14.3. The van der Waals surface area contributed by atoms with E-state index in [1.54, 1.807) is 0 Å². The van der Waals surface area contributed by atoms with E-state index in [2.05, 4.69) is 37.7 Å². The largest absolute Gasteiger partial charge is 0.313 e. The molecule has 0 amide bonds. The van der Waals surface area contributed by atoms with Gasteiger partial charge in [0.15, 0.2) is 0 Å². The van der Waals surface area contributed by atoms with Gasteiger partial charge >= 0.3 is 0 Å². The summed E-state index contributed by atoms with van der Waals surface area (Å²) < 4.78 is 27.2. The summed E-state index contributed by atoms with van der Waals surface area (Å²) in [6.07, 6.45) is 3.26. The van der Waals surface area contributed by atoms with Crippen LogP contribution in [-0.4, -0.2) is 32.8 Å². The van der Waals surface area contributed by atoms with Crippen molar-refractivity contribution in [3.63, 3.8) is 0 Å². The molecule has 18 heavy (non-hydrogen) atoms. The van der Waals surface area contributed by atoms with Gasteiger partial charge in [-0.05, 0) is 30.2 Å². The first-order valence-electron chi connectivity index (χ1n) is 6.90. The number of hydrogen-bond donors (Lipinski definition) is 2. The Morgan fingerprint density at radius 2 is 1.78 bits per heavy atom. The lowest BCUT2D eigenvalue weighted by Gasteiger charge is -2.23. The number of nitrogens with one attached hydrogen (secondary N) is 2. The summed E-state index contributed by atoms with van der Waals surface area (Å²) in [5.41, 5.74) is 0.111. The van der Waals surface area contributed by atoms with Gasteiger partial charge in [-0.2, -0.15) is 0 Å². The third-order valence-corrected chi connectivity index (χ3v) is 6.59. The standard InChI is InChI=1S/C13H26N2O2S/c1-12(2)11(13(12,3)4)15-18(16,17)9-10-7-5-6-8-14-10/h10-11,14-15H,5-9H2,1-4H3. The van der Waals surface area contributed by atoms with E-state index in [0.717, 1.165) is 25.8 Å². The Morgan fingerprint density at radius 1 is 1.17 bits per heavy atom. The molecule has 1 saturated heterocycles. The maximum absolute atomic E-state index is 12.2. The molecule has 0 aromatic heterocycles. The van der Waals surface area contributed by atoms with Crippen LogP contribution in [0.25, 0.3) is 0 Å². The number of hydrogen-bond acceptors (Lipinski definition) is 3. The van der Waals surface area contributed by atoms with Gasteiger partial charge < -0.3 is 5.32 Å². The van der Waals surface area contributed by atoms with E-state index in [-0.39, 0.29) is 28.7 Å². The fourth-order valence-corrected chi connectivity index (χ4v) is 4.91. The zero-order valence-electron chi connectivity index (χ0n) is 11.9. The minimum atomic E-state index is -3.17. The van der Waals surface area contributed by atoms with Crippen LogP contribution in [0, 0.1) is 10.8 Å².